The number of hydrogen-bond acceptors (Lipinski definition) is 0. The Morgan fingerprint density at radius 2 is 1.03 bits per heavy atom. The Morgan fingerprint density at radius 3 is 1.21 bits per heavy atom. The molecule has 0 atom stereocenters. The van der Waals surface area contributed by atoms with Crippen molar-refractivity contribution in [3.63, 3.8) is 0 Å². The molecule has 0 unspecified atom stereocenters. The van der Waals surface area contributed by atoms with E-state index in [1.54, 1.807) is 0 Å². The number of halogens is 3. The van der Waals surface area contributed by atoms with Crippen molar-refractivity contribution in [3.8, 4) is 0 Å². The van der Waals surface area contributed by atoms with E-state index in [-0.39, 0.29) is 89.3 Å². The molecule has 0 saturated carbocycles. The van der Waals surface area contributed by atoms with Gasteiger partial charge in [0.25, 0.3) is 0 Å². The first-order chi connectivity index (χ1) is 13.9. The largest absolute Gasteiger partial charge is 4.00 e. The van der Waals surface area contributed by atoms with Crippen LogP contribution in [0, 0.1) is 24.3 Å². The first-order valence-electron chi connectivity index (χ1n) is 10.8. The molecule has 0 radical (unpaired) electrons. The van der Waals surface area contributed by atoms with Gasteiger partial charge in [-0.1, -0.05) is 52.4 Å². The summed E-state index contributed by atoms with van der Waals surface area (Å²) >= 11 is 0. The number of hydrogen-bond donors (Lipinski definition) is 0. The van der Waals surface area contributed by atoms with E-state index in [4.69, 9.17) is 0 Å². The van der Waals surface area contributed by atoms with E-state index in [0.717, 1.165) is 25.7 Å². The van der Waals surface area contributed by atoms with Crippen molar-refractivity contribution in [2.75, 3.05) is 0 Å². The van der Waals surface area contributed by atoms with E-state index in [9.17, 15) is 0 Å². The van der Waals surface area contributed by atoms with Crippen LogP contribution in [0.5, 0.6) is 0 Å². The minimum absolute atomic E-state index is 0. The van der Waals surface area contributed by atoms with Gasteiger partial charge >= 0.3 is 52.0 Å². The van der Waals surface area contributed by atoms with Gasteiger partial charge in [0.15, 0.2) is 0 Å². The maximum atomic E-state index is 3.30. The molecule has 0 aliphatic heterocycles. The second-order valence-electron chi connectivity index (χ2n) is 6.83. The van der Waals surface area contributed by atoms with Crippen LogP contribution in [-0.2, 0) is 52.0 Å². The topological polar surface area (TPSA) is 0 Å². The third kappa shape index (κ3) is 28.7. The van der Waals surface area contributed by atoms with Gasteiger partial charge in [0.2, 0.25) is 0 Å². The van der Waals surface area contributed by atoms with Crippen LogP contribution >= 0.6 is 0 Å². The molecule has 5 heteroatoms. The molecule has 0 aromatic heterocycles. The Kier molecular flexibility index (Phi) is 45.9. The van der Waals surface area contributed by atoms with Gasteiger partial charge < -0.3 is 37.2 Å². The monoisotopic (exact) mass is 612 g/mol. The zero-order valence-corrected chi connectivity index (χ0v) is 26.6. The minimum atomic E-state index is 0. The van der Waals surface area contributed by atoms with Crippen LogP contribution in [0.2, 0.25) is 0 Å². The van der Waals surface area contributed by atoms with E-state index in [1.165, 1.54) is 49.7 Å². The zero-order valence-electron chi connectivity index (χ0n) is 20.1. The maximum Gasteiger partial charge on any atom is 4.00 e. The van der Waals surface area contributed by atoms with Gasteiger partial charge in [-0.2, -0.15) is 24.3 Å². The van der Waals surface area contributed by atoms with Crippen molar-refractivity contribution >= 4 is 0 Å². The van der Waals surface area contributed by atoms with E-state index in [0.29, 0.717) is 0 Å². The summed E-state index contributed by atoms with van der Waals surface area (Å²) in [7, 11) is 0. The van der Waals surface area contributed by atoms with Crippen LogP contribution < -0.4 is 37.2 Å². The Balaban J connectivity index is -0.000000103. The molecule has 0 fully saturated rings. The van der Waals surface area contributed by atoms with E-state index in [2.05, 4.69) is 74.6 Å². The molecule has 0 spiro atoms. The van der Waals surface area contributed by atoms with Crippen molar-refractivity contribution in [1.29, 1.82) is 0 Å². The van der Waals surface area contributed by atoms with E-state index in [1.807, 2.05) is 24.3 Å². The molecule has 0 heterocycles. The van der Waals surface area contributed by atoms with Gasteiger partial charge in [-0.3, -0.25) is 24.3 Å². The Labute approximate surface area is 261 Å². The smallest absolute Gasteiger partial charge is 1.00 e. The van der Waals surface area contributed by atoms with Crippen LogP contribution in [0.25, 0.3) is 0 Å². The Bertz CT molecular complexity index is 566. The van der Waals surface area contributed by atoms with Crippen molar-refractivity contribution in [1.82, 2.24) is 0 Å². The Morgan fingerprint density at radius 1 is 0.636 bits per heavy atom. The molecule has 0 amide bonds. The van der Waals surface area contributed by atoms with Crippen molar-refractivity contribution in [3.05, 3.63) is 96.2 Å². The van der Waals surface area contributed by atoms with Gasteiger partial charge in [0.1, 0.15) is 0 Å². The predicted molar refractivity (Wildman–Crippen MR) is 123 cm³/mol. The third-order valence-corrected chi connectivity index (χ3v) is 4.30. The maximum absolute atomic E-state index is 3.30. The fraction of sp³-hybridized carbons (Fsp3) is 0.429. The van der Waals surface area contributed by atoms with Crippen molar-refractivity contribution in [2.45, 2.75) is 78.1 Å². The summed E-state index contributed by atoms with van der Waals surface area (Å²) in [5.41, 5.74) is 2.83. The first kappa shape index (κ1) is 43.6. The molecule has 4 aliphatic carbocycles. The molecule has 0 saturated heterocycles. The second-order valence-corrected chi connectivity index (χ2v) is 6.83. The van der Waals surface area contributed by atoms with Crippen LogP contribution in [0.1, 0.15) is 78.1 Å². The molecule has 4 rings (SSSR count). The average Bonchev–Trinajstić information content (AvgIpc) is 3.57. The molecule has 0 aromatic carbocycles. The summed E-state index contributed by atoms with van der Waals surface area (Å²) < 4.78 is 0. The quantitative estimate of drug-likeness (QED) is 0.349. The normalized spacial score (nSPS) is 14.2. The van der Waals surface area contributed by atoms with Gasteiger partial charge in [-0.25, -0.2) is 47.6 Å². The van der Waals surface area contributed by atoms with Gasteiger partial charge in [-0.15, -0.1) is 25.7 Å². The number of unbranched alkanes of at least 4 members (excludes halogenated alkanes) is 2. The van der Waals surface area contributed by atoms with Crippen LogP contribution in [0.15, 0.2) is 71.9 Å². The molecular formula is C28H36Cl3ScZr. The fourth-order valence-electron chi connectivity index (χ4n) is 2.66. The summed E-state index contributed by atoms with van der Waals surface area (Å²) in [6, 6.07) is 0. The van der Waals surface area contributed by atoms with Crippen molar-refractivity contribution < 1.29 is 89.3 Å². The molecule has 0 bridgehead atoms. The fourth-order valence-corrected chi connectivity index (χ4v) is 2.66. The predicted octanol–water partition coefficient (Wildman–Crippen LogP) is -0.649. The van der Waals surface area contributed by atoms with Crippen LogP contribution in [0.4, 0.5) is 0 Å². The summed E-state index contributed by atoms with van der Waals surface area (Å²) in [4.78, 5) is 0. The van der Waals surface area contributed by atoms with E-state index < -0.39 is 0 Å². The number of rotatable bonds is 6. The SMILES string of the molecule is CCCCC1=[C-]CC=C1.CCCCC1=[C-]CC=C1.[C-]1=CC=CC1.[C-]1=CC=CC1.[Cl-].[Cl-].[Cl-].[Sc+3].[Zr+4]. The molecule has 0 nitrogen and oxygen atoms in total. The second kappa shape index (κ2) is 34.7. The van der Waals surface area contributed by atoms with Crippen LogP contribution in [0.3, 0.4) is 0 Å². The molecular weight excluding hydrogens is 579 g/mol. The molecule has 176 valence electrons. The van der Waals surface area contributed by atoms with E-state index >= 15 is 0 Å². The van der Waals surface area contributed by atoms with Gasteiger partial charge in [-0.05, 0) is 0 Å². The molecule has 0 N–H and O–H groups in total. The molecule has 4 aliphatic rings. The van der Waals surface area contributed by atoms with Gasteiger partial charge in [0, 0.05) is 0 Å². The molecule has 33 heavy (non-hydrogen) atoms. The minimum Gasteiger partial charge on any atom is -1.00 e. The Hall–Kier alpha value is 0.543. The summed E-state index contributed by atoms with van der Waals surface area (Å²) in [6.45, 7) is 4.44. The van der Waals surface area contributed by atoms with Crippen molar-refractivity contribution in [2.24, 2.45) is 0 Å². The third-order valence-electron chi connectivity index (χ3n) is 4.30. The standard InChI is InChI=1S/2C9H13.2C5H5.3ClH.Sc.Zr/c2*1-2-3-6-9-7-4-5-8-9;2*1-2-4-5-3-1;;;;;/h2*4,7H,2-3,5-6H2,1H3;2*1-3H,4H2;3*1H;;/q4*-1;;;;+3;+4/p-3. The first-order valence-corrected chi connectivity index (χ1v) is 10.8. The molecule has 0 aromatic rings. The summed E-state index contributed by atoms with van der Waals surface area (Å²) in [5.74, 6) is 0. The summed E-state index contributed by atoms with van der Waals surface area (Å²) in [6.07, 6.45) is 45.1. The zero-order chi connectivity index (χ0) is 20.1. The average molecular weight is 615 g/mol. The van der Waals surface area contributed by atoms with Gasteiger partial charge in [0.05, 0.1) is 0 Å². The van der Waals surface area contributed by atoms with Crippen LogP contribution in [-0.4, -0.2) is 0 Å². The summed E-state index contributed by atoms with van der Waals surface area (Å²) in [5, 5.41) is 0. The number of allylic oxidation sites excluding steroid dienone is 16.